The average molecular weight is 413 g/mol. The number of amides is 1. The minimum atomic E-state index is 0.0870. The Labute approximate surface area is 180 Å². The summed E-state index contributed by atoms with van der Waals surface area (Å²) < 4.78 is 11.5. The third-order valence-electron chi connectivity index (χ3n) is 8.13. The van der Waals surface area contributed by atoms with Crippen molar-refractivity contribution in [3.05, 3.63) is 24.3 Å². The number of anilines is 1. The Morgan fingerprint density at radius 1 is 1.20 bits per heavy atom. The summed E-state index contributed by atoms with van der Waals surface area (Å²) >= 11 is 0. The van der Waals surface area contributed by atoms with Crippen LogP contribution in [0.4, 0.5) is 5.69 Å². The van der Waals surface area contributed by atoms with Crippen LogP contribution in [-0.4, -0.2) is 37.8 Å². The van der Waals surface area contributed by atoms with Crippen molar-refractivity contribution in [2.45, 2.75) is 70.4 Å². The molecular weight excluding hydrogens is 376 g/mol. The lowest BCUT2D eigenvalue weighted by molar-refractivity contribution is -0.124. The van der Waals surface area contributed by atoms with Crippen LogP contribution in [0.5, 0.6) is 5.75 Å². The molecule has 2 atom stereocenters. The van der Waals surface area contributed by atoms with Crippen LogP contribution in [0.15, 0.2) is 24.3 Å². The van der Waals surface area contributed by atoms with Crippen molar-refractivity contribution >= 4 is 11.6 Å². The minimum absolute atomic E-state index is 0.0870. The van der Waals surface area contributed by atoms with E-state index in [1.165, 1.54) is 38.5 Å². The van der Waals surface area contributed by atoms with Crippen LogP contribution in [0.1, 0.15) is 58.3 Å². The highest BCUT2D eigenvalue weighted by Gasteiger charge is 2.53. The monoisotopic (exact) mass is 412 g/mol. The highest BCUT2D eigenvalue weighted by molar-refractivity contribution is 5.81. The molecule has 1 heterocycles. The van der Waals surface area contributed by atoms with Gasteiger partial charge in [-0.15, -0.1) is 0 Å². The predicted molar refractivity (Wildman–Crippen MR) is 118 cm³/mol. The summed E-state index contributed by atoms with van der Waals surface area (Å²) in [6, 6.07) is 8.12. The molecule has 5 fully saturated rings. The van der Waals surface area contributed by atoms with Gasteiger partial charge in [0, 0.05) is 24.4 Å². The van der Waals surface area contributed by atoms with E-state index in [-0.39, 0.29) is 18.1 Å². The average Bonchev–Trinajstić information content (AvgIpc) is 3.24. The molecule has 30 heavy (non-hydrogen) atoms. The first-order valence-corrected chi connectivity index (χ1v) is 12.0. The number of ether oxygens (including phenoxy) is 2. The number of rotatable bonds is 8. The van der Waals surface area contributed by atoms with E-state index in [1.54, 1.807) is 0 Å². The van der Waals surface area contributed by atoms with Gasteiger partial charge in [0.15, 0.2) is 0 Å². The molecular formula is C25H36N2O3. The van der Waals surface area contributed by atoms with Gasteiger partial charge in [-0.2, -0.15) is 0 Å². The van der Waals surface area contributed by atoms with Crippen molar-refractivity contribution < 1.29 is 14.3 Å². The fraction of sp³-hybridized carbons (Fsp3) is 0.720. The molecule has 0 aromatic heterocycles. The molecule has 4 bridgehead atoms. The molecule has 6 rings (SSSR count). The molecule has 1 amide bonds. The molecule has 0 radical (unpaired) electrons. The van der Waals surface area contributed by atoms with Crippen LogP contribution in [0.3, 0.4) is 0 Å². The topological polar surface area (TPSA) is 59.6 Å². The number of hydrogen-bond donors (Lipinski definition) is 2. The van der Waals surface area contributed by atoms with Gasteiger partial charge in [0.1, 0.15) is 12.4 Å². The first-order valence-electron chi connectivity index (χ1n) is 12.0. The van der Waals surface area contributed by atoms with Gasteiger partial charge >= 0.3 is 0 Å². The van der Waals surface area contributed by atoms with E-state index in [4.69, 9.17) is 9.47 Å². The highest BCUT2D eigenvalue weighted by atomic mass is 16.5. The van der Waals surface area contributed by atoms with Crippen LogP contribution in [-0.2, 0) is 9.53 Å². The van der Waals surface area contributed by atoms with Gasteiger partial charge < -0.3 is 20.1 Å². The quantitative estimate of drug-likeness (QED) is 0.665. The van der Waals surface area contributed by atoms with Gasteiger partial charge in [0.05, 0.1) is 12.6 Å². The van der Waals surface area contributed by atoms with Gasteiger partial charge in [-0.05, 0) is 93.6 Å². The lowest BCUT2D eigenvalue weighted by atomic mass is 9.48. The molecule has 5 heteroatoms. The number of benzene rings is 1. The third kappa shape index (κ3) is 4.32. The summed E-state index contributed by atoms with van der Waals surface area (Å²) in [4.78, 5) is 12.7. The van der Waals surface area contributed by atoms with Gasteiger partial charge in [-0.25, -0.2) is 0 Å². The summed E-state index contributed by atoms with van der Waals surface area (Å²) in [5, 5.41) is 6.60. The van der Waals surface area contributed by atoms with Crippen molar-refractivity contribution in [2.75, 3.05) is 25.1 Å². The van der Waals surface area contributed by atoms with E-state index in [1.807, 2.05) is 24.3 Å². The molecule has 164 valence electrons. The molecule has 4 saturated carbocycles. The van der Waals surface area contributed by atoms with Crippen molar-refractivity contribution in [1.29, 1.82) is 0 Å². The van der Waals surface area contributed by atoms with E-state index >= 15 is 0 Å². The molecule has 0 unspecified atom stereocenters. The smallest absolute Gasteiger partial charge is 0.239 e. The van der Waals surface area contributed by atoms with Crippen LogP contribution in [0.25, 0.3) is 0 Å². The largest absolute Gasteiger partial charge is 0.491 e. The third-order valence-corrected chi connectivity index (χ3v) is 8.13. The van der Waals surface area contributed by atoms with E-state index in [0.29, 0.717) is 18.6 Å². The highest BCUT2D eigenvalue weighted by Crippen LogP contribution is 2.61. The zero-order valence-corrected chi connectivity index (χ0v) is 18.2. The van der Waals surface area contributed by atoms with E-state index in [0.717, 1.165) is 48.6 Å². The molecule has 5 aliphatic rings. The number of carbonyl (C=O) groups is 1. The SMILES string of the molecule is C[C@H](NC(=O)CNc1cccc(OC[C@H]2CCCO2)c1)C12CC3CC(CC(C3)C1)C2. The van der Waals surface area contributed by atoms with E-state index in [9.17, 15) is 4.79 Å². The zero-order valence-electron chi connectivity index (χ0n) is 18.2. The fourth-order valence-corrected chi connectivity index (χ4v) is 7.00. The zero-order chi connectivity index (χ0) is 20.6. The predicted octanol–water partition coefficient (Wildman–Crippen LogP) is 4.38. The first-order chi connectivity index (χ1) is 14.6. The Morgan fingerprint density at radius 3 is 2.60 bits per heavy atom. The van der Waals surface area contributed by atoms with Crippen molar-refractivity contribution in [3.63, 3.8) is 0 Å². The molecule has 5 nitrogen and oxygen atoms in total. The molecule has 1 aromatic rings. The molecule has 1 aliphatic heterocycles. The second-order valence-electron chi connectivity index (χ2n) is 10.4. The van der Waals surface area contributed by atoms with Gasteiger partial charge in [0.25, 0.3) is 0 Å². The lowest BCUT2D eigenvalue weighted by Gasteiger charge is -2.59. The fourth-order valence-electron chi connectivity index (χ4n) is 7.00. The van der Waals surface area contributed by atoms with Gasteiger partial charge in [-0.1, -0.05) is 6.07 Å². The Bertz CT molecular complexity index is 723. The summed E-state index contributed by atoms with van der Waals surface area (Å²) in [5.74, 6) is 3.63. The number of carbonyl (C=O) groups excluding carboxylic acids is 1. The number of hydrogen-bond acceptors (Lipinski definition) is 4. The Balaban J connectivity index is 1.11. The molecule has 4 aliphatic carbocycles. The van der Waals surface area contributed by atoms with Crippen LogP contribution >= 0.6 is 0 Å². The van der Waals surface area contributed by atoms with E-state index in [2.05, 4.69) is 17.6 Å². The van der Waals surface area contributed by atoms with Crippen molar-refractivity contribution in [1.82, 2.24) is 5.32 Å². The second kappa shape index (κ2) is 8.41. The number of nitrogens with one attached hydrogen (secondary N) is 2. The molecule has 1 saturated heterocycles. The summed E-state index contributed by atoms with van der Waals surface area (Å²) in [6.07, 6.45) is 10.7. The maximum absolute atomic E-state index is 12.7. The van der Waals surface area contributed by atoms with Gasteiger partial charge in [0.2, 0.25) is 5.91 Å². The molecule has 2 N–H and O–H groups in total. The molecule has 1 aromatic carbocycles. The van der Waals surface area contributed by atoms with Crippen LogP contribution in [0, 0.1) is 23.2 Å². The molecule has 0 spiro atoms. The Morgan fingerprint density at radius 2 is 1.93 bits per heavy atom. The standard InChI is InChI=1S/C25H36N2O3/c1-17(25-12-18-8-19(13-25)10-20(9-18)14-25)27-24(28)15-26-21-4-2-5-22(11-21)30-16-23-6-3-7-29-23/h2,4-5,11,17-20,23,26H,3,6-10,12-16H2,1H3,(H,27,28)/t17-,18?,19?,20?,23+,25?/m0/s1. The van der Waals surface area contributed by atoms with Crippen LogP contribution < -0.4 is 15.4 Å². The first kappa shape index (κ1) is 20.2. The van der Waals surface area contributed by atoms with Crippen molar-refractivity contribution in [2.24, 2.45) is 23.2 Å². The Kier molecular flexibility index (Phi) is 5.65. The van der Waals surface area contributed by atoms with Crippen molar-refractivity contribution in [3.8, 4) is 5.75 Å². The second-order valence-corrected chi connectivity index (χ2v) is 10.4. The summed E-state index contributed by atoms with van der Waals surface area (Å²) in [6.45, 7) is 3.97. The van der Waals surface area contributed by atoms with Gasteiger partial charge in [-0.3, -0.25) is 4.79 Å². The van der Waals surface area contributed by atoms with E-state index < -0.39 is 0 Å². The lowest BCUT2D eigenvalue weighted by Crippen LogP contribution is -2.56. The minimum Gasteiger partial charge on any atom is -0.491 e. The summed E-state index contributed by atoms with van der Waals surface area (Å²) in [5.41, 5.74) is 1.26. The van der Waals surface area contributed by atoms with Crippen LogP contribution in [0.2, 0.25) is 0 Å². The maximum atomic E-state index is 12.7. The summed E-state index contributed by atoms with van der Waals surface area (Å²) in [7, 11) is 0. The Hall–Kier alpha value is -1.75. The maximum Gasteiger partial charge on any atom is 0.239 e. The normalized spacial score (nSPS) is 35.2.